The Labute approximate surface area is 524 Å². The van der Waals surface area contributed by atoms with Gasteiger partial charge in [-0.15, -0.1) is 0 Å². The molecule has 0 saturated heterocycles. The molecule has 0 aliphatic carbocycles. The molecule has 0 aromatic rings. The van der Waals surface area contributed by atoms with Gasteiger partial charge >= 0.3 is 17.9 Å². The Bertz CT molecular complexity index is 1720. The zero-order chi connectivity index (χ0) is 61.9. The molecule has 85 heavy (non-hydrogen) atoms. The Hall–Kier alpha value is -3.79. The molecule has 0 aromatic heterocycles. The number of carbonyl (C=O) groups is 3. The second-order valence-corrected chi connectivity index (χ2v) is 24.8. The maximum Gasteiger partial charge on any atom is 0.361 e. The number of carbonyl (C=O) groups excluding carboxylic acids is 2. The van der Waals surface area contributed by atoms with Crippen LogP contribution >= 0.6 is 0 Å². The number of quaternary nitrogens is 1. The van der Waals surface area contributed by atoms with E-state index in [9.17, 15) is 19.5 Å². The van der Waals surface area contributed by atoms with Crippen molar-refractivity contribution in [3.05, 3.63) is 97.2 Å². The maximum atomic E-state index is 12.9. The Morgan fingerprint density at radius 2 is 0.671 bits per heavy atom. The van der Waals surface area contributed by atoms with Crippen molar-refractivity contribution in [3.63, 3.8) is 0 Å². The van der Waals surface area contributed by atoms with E-state index < -0.39 is 24.3 Å². The summed E-state index contributed by atoms with van der Waals surface area (Å²) < 4.78 is 23.0. The highest BCUT2D eigenvalue weighted by Crippen LogP contribution is 2.18. The fourth-order valence-corrected chi connectivity index (χ4v) is 9.97. The van der Waals surface area contributed by atoms with E-state index in [2.05, 4.69) is 111 Å². The summed E-state index contributed by atoms with van der Waals surface area (Å²) in [6.07, 6.45) is 88.1. The van der Waals surface area contributed by atoms with Gasteiger partial charge in [-0.25, -0.2) is 4.79 Å². The van der Waals surface area contributed by atoms with Crippen LogP contribution in [0.1, 0.15) is 309 Å². The molecule has 0 bridgehead atoms. The Kier molecular flexibility index (Phi) is 63.2. The summed E-state index contributed by atoms with van der Waals surface area (Å²) in [5.41, 5.74) is 0. The van der Waals surface area contributed by atoms with E-state index in [1.165, 1.54) is 193 Å². The first-order valence-corrected chi connectivity index (χ1v) is 35.4. The second kappa shape index (κ2) is 66.2. The van der Waals surface area contributed by atoms with Gasteiger partial charge in [-0.1, -0.05) is 317 Å². The molecule has 0 radical (unpaired) electrons. The molecule has 2 unspecified atom stereocenters. The number of allylic oxidation sites excluding steroid dienone is 16. The molecule has 0 rings (SSSR count). The Morgan fingerprint density at radius 3 is 1.00 bits per heavy atom. The molecule has 1 N–H and O–H groups in total. The van der Waals surface area contributed by atoms with Crippen molar-refractivity contribution < 1.29 is 42.9 Å². The lowest BCUT2D eigenvalue weighted by molar-refractivity contribution is -0.870. The van der Waals surface area contributed by atoms with Crippen LogP contribution in [0, 0.1) is 0 Å². The van der Waals surface area contributed by atoms with E-state index in [4.69, 9.17) is 18.9 Å². The number of aliphatic carboxylic acids is 1. The molecule has 0 aromatic carbocycles. The van der Waals surface area contributed by atoms with Crippen molar-refractivity contribution in [2.45, 2.75) is 322 Å². The number of carboxylic acids is 1. The highest BCUT2D eigenvalue weighted by atomic mass is 16.7. The summed E-state index contributed by atoms with van der Waals surface area (Å²) in [6, 6.07) is 0. The van der Waals surface area contributed by atoms with Crippen molar-refractivity contribution in [2.75, 3.05) is 47.5 Å². The van der Waals surface area contributed by atoms with Gasteiger partial charge in [0.15, 0.2) is 6.10 Å². The van der Waals surface area contributed by atoms with Crippen molar-refractivity contribution in [1.29, 1.82) is 0 Å². The number of rotatable bonds is 65. The number of hydrogen-bond donors (Lipinski definition) is 1. The molecule has 9 nitrogen and oxygen atoms in total. The summed E-state index contributed by atoms with van der Waals surface area (Å²) >= 11 is 0. The number of esters is 2. The topological polar surface area (TPSA) is 108 Å². The summed E-state index contributed by atoms with van der Waals surface area (Å²) in [5.74, 6) is -1.99. The summed E-state index contributed by atoms with van der Waals surface area (Å²) in [6.45, 7) is 4.80. The Balaban J connectivity index is 4.04. The van der Waals surface area contributed by atoms with Gasteiger partial charge in [0.25, 0.3) is 6.29 Å². The van der Waals surface area contributed by atoms with Crippen LogP contribution in [-0.4, -0.2) is 87.4 Å². The monoisotopic (exact) mass is 1190 g/mol. The van der Waals surface area contributed by atoms with Crippen molar-refractivity contribution in [1.82, 2.24) is 0 Å². The van der Waals surface area contributed by atoms with Crippen LogP contribution in [0.25, 0.3) is 0 Å². The summed E-state index contributed by atoms with van der Waals surface area (Å²) in [5, 5.41) is 9.74. The van der Waals surface area contributed by atoms with Crippen LogP contribution in [0.15, 0.2) is 97.2 Å². The zero-order valence-electron chi connectivity index (χ0n) is 56.0. The molecule has 0 aliphatic heterocycles. The first-order valence-electron chi connectivity index (χ1n) is 35.4. The van der Waals surface area contributed by atoms with Gasteiger partial charge in [-0.05, 0) is 77.0 Å². The van der Waals surface area contributed by atoms with E-state index in [0.29, 0.717) is 17.4 Å². The zero-order valence-corrected chi connectivity index (χ0v) is 56.0. The summed E-state index contributed by atoms with van der Waals surface area (Å²) in [7, 11) is 5.98. The van der Waals surface area contributed by atoms with Gasteiger partial charge in [0, 0.05) is 12.8 Å². The average Bonchev–Trinajstić information content (AvgIpc) is 3.49. The van der Waals surface area contributed by atoms with Gasteiger partial charge in [-0.3, -0.25) is 9.59 Å². The van der Waals surface area contributed by atoms with Gasteiger partial charge in [0.2, 0.25) is 0 Å². The lowest BCUT2D eigenvalue weighted by atomic mass is 10.0. The number of carboxylic acid groups (broad SMARTS) is 1. The SMILES string of the molecule is CC/C=C\C/C=C\C/C=C\C/C=C\C/C=C\C/C=C\C/C=C\C/C=C\CCCCCCCCCCCCCCCCCCC(=O)OC(COC(=O)CCCCCCCCCCCCCCCCCCCCC)COC(OCC[N+](C)(C)C)C(=O)O. The standard InChI is InChI=1S/C76H133NO8/c1-6-8-10-12-14-16-18-20-22-24-26-27-28-29-30-31-32-33-34-35-36-37-38-39-40-41-42-43-44-45-46-47-49-51-53-55-57-59-61-63-65-67-74(79)85-72(71-84-76(75(80)81)82-69-68-77(3,4)5)70-83-73(78)66-64-62-60-58-56-54-52-50-48-25-23-21-19-17-15-13-11-9-7-2/h8,10,14,16,20,22,26-27,29-30,32-33,35-36,38-39,72,76H,6-7,9,11-13,15,17-19,21,23-25,28,31,34,37,40-71H2,1-5H3/p+1/b10-8-,16-14-,22-20-,27-26-,30-29-,33-32-,36-35-,39-38-. The van der Waals surface area contributed by atoms with E-state index in [0.717, 1.165) is 89.9 Å². The quantitative estimate of drug-likeness (QED) is 0.0211. The van der Waals surface area contributed by atoms with Gasteiger partial charge in [-0.2, -0.15) is 0 Å². The molecule has 0 aliphatic rings. The van der Waals surface area contributed by atoms with Gasteiger partial charge in [0.1, 0.15) is 13.2 Å². The van der Waals surface area contributed by atoms with Crippen LogP contribution in [-0.2, 0) is 33.3 Å². The van der Waals surface area contributed by atoms with Crippen molar-refractivity contribution in [2.24, 2.45) is 0 Å². The van der Waals surface area contributed by atoms with Crippen LogP contribution in [0.3, 0.4) is 0 Å². The van der Waals surface area contributed by atoms with Crippen LogP contribution in [0.5, 0.6) is 0 Å². The molecule has 0 amide bonds. The first kappa shape index (κ1) is 81.2. The molecule has 0 heterocycles. The lowest BCUT2D eigenvalue weighted by Crippen LogP contribution is -2.40. The minimum atomic E-state index is -1.51. The number of unbranched alkanes of at least 4 members (excludes halogenated alkanes) is 34. The molecule has 490 valence electrons. The number of ether oxygens (including phenoxy) is 4. The van der Waals surface area contributed by atoms with Crippen LogP contribution in [0.4, 0.5) is 0 Å². The molecule has 0 fully saturated rings. The van der Waals surface area contributed by atoms with E-state index >= 15 is 0 Å². The van der Waals surface area contributed by atoms with E-state index in [-0.39, 0.29) is 32.2 Å². The highest BCUT2D eigenvalue weighted by Gasteiger charge is 2.25. The number of likely N-dealkylation sites (N-methyl/N-ethyl adjacent to an activating group) is 1. The van der Waals surface area contributed by atoms with Crippen molar-refractivity contribution >= 4 is 17.9 Å². The minimum absolute atomic E-state index is 0.180. The summed E-state index contributed by atoms with van der Waals surface area (Å²) in [4.78, 5) is 37.6. The van der Waals surface area contributed by atoms with Crippen molar-refractivity contribution in [3.8, 4) is 0 Å². The van der Waals surface area contributed by atoms with E-state index in [1.807, 2.05) is 21.1 Å². The maximum absolute atomic E-state index is 12.9. The minimum Gasteiger partial charge on any atom is -0.477 e. The lowest BCUT2D eigenvalue weighted by Gasteiger charge is -2.25. The van der Waals surface area contributed by atoms with Gasteiger partial charge < -0.3 is 28.5 Å². The third kappa shape index (κ3) is 67.6. The predicted molar refractivity (Wildman–Crippen MR) is 364 cm³/mol. The molecule has 0 saturated carbocycles. The average molecular weight is 1190 g/mol. The largest absolute Gasteiger partial charge is 0.477 e. The molecule has 9 heteroatoms. The molecule has 0 spiro atoms. The van der Waals surface area contributed by atoms with E-state index in [1.54, 1.807) is 0 Å². The third-order valence-corrected chi connectivity index (χ3v) is 15.4. The van der Waals surface area contributed by atoms with Crippen LogP contribution in [0.2, 0.25) is 0 Å². The van der Waals surface area contributed by atoms with Gasteiger partial charge in [0.05, 0.1) is 34.4 Å². The fraction of sp³-hybridized carbons (Fsp3) is 0.750. The third-order valence-electron chi connectivity index (χ3n) is 15.4. The normalized spacial score (nSPS) is 13.3. The smallest absolute Gasteiger partial charge is 0.361 e. The molecule has 2 atom stereocenters. The van der Waals surface area contributed by atoms with Crippen LogP contribution < -0.4 is 0 Å². The predicted octanol–water partition coefficient (Wildman–Crippen LogP) is 22.0. The highest BCUT2D eigenvalue weighted by molar-refractivity contribution is 5.71. The second-order valence-electron chi connectivity index (χ2n) is 24.8. The number of hydrogen-bond acceptors (Lipinski definition) is 7. The molecular formula is C76H134NO8+. The Morgan fingerprint density at radius 1 is 0.365 bits per heavy atom. The molecular weight excluding hydrogens is 1050 g/mol. The first-order chi connectivity index (χ1) is 41.6. The number of nitrogens with zero attached hydrogens (tertiary/aromatic N) is 1. The fourth-order valence-electron chi connectivity index (χ4n) is 9.97.